The van der Waals surface area contributed by atoms with E-state index < -0.39 is 0 Å². The molecule has 0 fully saturated rings. The van der Waals surface area contributed by atoms with Gasteiger partial charge >= 0.3 is 0 Å². The Morgan fingerprint density at radius 1 is 1.09 bits per heavy atom. The van der Waals surface area contributed by atoms with Gasteiger partial charge in [-0.15, -0.1) is 0 Å². The van der Waals surface area contributed by atoms with Crippen molar-refractivity contribution in [2.45, 2.75) is 45.4 Å². The van der Waals surface area contributed by atoms with Gasteiger partial charge in [-0.2, -0.15) is 0 Å². The molecule has 2 aliphatic carbocycles. The Balaban J connectivity index is 2.30. The van der Waals surface area contributed by atoms with E-state index in [1.54, 1.807) is 16.7 Å². The molecule has 0 atom stereocenters. The summed E-state index contributed by atoms with van der Waals surface area (Å²) in [5.41, 5.74) is 5.06. The summed E-state index contributed by atoms with van der Waals surface area (Å²) < 4.78 is 0. The summed E-state index contributed by atoms with van der Waals surface area (Å²) in [5.74, 6) is 0. The highest BCUT2D eigenvalue weighted by Gasteiger charge is 2.16. The fraction of sp³-hybridized carbons (Fsp3) is 0.636. The molecule has 0 aliphatic heterocycles. The van der Waals surface area contributed by atoms with Gasteiger partial charge in [0.25, 0.3) is 0 Å². The monoisotopic (exact) mass is 148 g/mol. The lowest BCUT2D eigenvalue weighted by Gasteiger charge is -2.02. The highest BCUT2D eigenvalue weighted by atomic mass is 14.2. The maximum Gasteiger partial charge on any atom is -0.0274 e. The van der Waals surface area contributed by atoms with Gasteiger partial charge in [0, 0.05) is 0 Å². The van der Waals surface area contributed by atoms with Gasteiger partial charge in [0.2, 0.25) is 0 Å². The third kappa shape index (κ3) is 1.26. The van der Waals surface area contributed by atoms with Crippen LogP contribution in [0.1, 0.15) is 45.4 Å². The summed E-state index contributed by atoms with van der Waals surface area (Å²) in [5, 5.41) is 0. The molecule has 0 radical (unpaired) electrons. The van der Waals surface area contributed by atoms with Gasteiger partial charge in [0.15, 0.2) is 0 Å². The Kier molecular flexibility index (Phi) is 1.85. The Bertz CT molecular complexity index is 218. The molecule has 0 aromatic heterocycles. The highest BCUT2D eigenvalue weighted by molar-refractivity contribution is 5.38. The Labute approximate surface area is 69.0 Å². The van der Waals surface area contributed by atoms with Crippen LogP contribution in [0.5, 0.6) is 0 Å². The molecule has 2 rings (SSSR count). The lowest BCUT2D eigenvalue weighted by Crippen LogP contribution is -1.82. The van der Waals surface area contributed by atoms with Crippen molar-refractivity contribution in [1.29, 1.82) is 0 Å². The van der Waals surface area contributed by atoms with Gasteiger partial charge in [-0.25, -0.2) is 0 Å². The van der Waals surface area contributed by atoms with E-state index in [1.165, 1.54) is 38.5 Å². The zero-order valence-electron chi connectivity index (χ0n) is 7.32. The molecule has 0 bridgehead atoms. The number of allylic oxidation sites excluding steroid dienone is 4. The third-order valence-corrected chi connectivity index (χ3v) is 2.94. The normalized spacial score (nSPS) is 24.6. The second-order valence-corrected chi connectivity index (χ2v) is 3.72. The first kappa shape index (κ1) is 7.15. The molecular formula is C11H16. The summed E-state index contributed by atoms with van der Waals surface area (Å²) in [6.07, 6.45) is 10.7. The van der Waals surface area contributed by atoms with E-state index in [-0.39, 0.29) is 0 Å². The predicted molar refractivity (Wildman–Crippen MR) is 48.5 cm³/mol. The summed E-state index contributed by atoms with van der Waals surface area (Å²) in [7, 11) is 0. The molecule has 0 heterocycles. The quantitative estimate of drug-likeness (QED) is 0.492. The molecule has 0 amide bonds. The summed E-state index contributed by atoms with van der Waals surface area (Å²) in [6.45, 7) is 2.28. The molecule has 0 saturated heterocycles. The van der Waals surface area contributed by atoms with Gasteiger partial charge in [-0.3, -0.25) is 0 Å². The second-order valence-electron chi connectivity index (χ2n) is 3.72. The SMILES string of the molecule is CC1=CCCCC2=C1CCC2. The van der Waals surface area contributed by atoms with E-state index in [0.29, 0.717) is 0 Å². The molecule has 0 aromatic rings. The zero-order valence-corrected chi connectivity index (χ0v) is 7.32. The lowest BCUT2D eigenvalue weighted by atomic mass is 10.0. The molecule has 0 N–H and O–H groups in total. The standard InChI is InChI=1S/C11H16/c1-9-5-2-3-6-10-7-4-8-11(9)10/h5H,2-4,6-8H2,1H3. The average molecular weight is 148 g/mol. The average Bonchev–Trinajstić information content (AvgIpc) is 2.40. The maximum absolute atomic E-state index is 2.42. The van der Waals surface area contributed by atoms with E-state index in [0.717, 1.165) is 0 Å². The van der Waals surface area contributed by atoms with Gasteiger partial charge in [0.1, 0.15) is 0 Å². The van der Waals surface area contributed by atoms with Crippen LogP contribution in [0.15, 0.2) is 22.8 Å². The second kappa shape index (κ2) is 2.84. The largest absolute Gasteiger partial charge is 0.0813 e. The molecular weight excluding hydrogens is 132 g/mol. The molecule has 0 saturated carbocycles. The van der Waals surface area contributed by atoms with Crippen LogP contribution in [0, 0.1) is 0 Å². The van der Waals surface area contributed by atoms with Crippen LogP contribution in [-0.2, 0) is 0 Å². The van der Waals surface area contributed by atoms with Crippen LogP contribution < -0.4 is 0 Å². The minimum absolute atomic E-state index is 1.30. The van der Waals surface area contributed by atoms with Gasteiger partial charge in [0.05, 0.1) is 0 Å². The third-order valence-electron chi connectivity index (χ3n) is 2.94. The fourth-order valence-corrected chi connectivity index (χ4v) is 2.32. The lowest BCUT2D eigenvalue weighted by molar-refractivity contribution is 0.790. The zero-order chi connectivity index (χ0) is 7.68. The molecule has 0 spiro atoms. The Hall–Kier alpha value is -0.520. The molecule has 0 aromatic carbocycles. The minimum Gasteiger partial charge on any atom is -0.0813 e. The van der Waals surface area contributed by atoms with Crippen molar-refractivity contribution >= 4 is 0 Å². The van der Waals surface area contributed by atoms with E-state index in [9.17, 15) is 0 Å². The van der Waals surface area contributed by atoms with Crippen LogP contribution in [0.25, 0.3) is 0 Å². The van der Waals surface area contributed by atoms with Crippen molar-refractivity contribution in [2.75, 3.05) is 0 Å². The molecule has 2 aliphatic rings. The van der Waals surface area contributed by atoms with Crippen molar-refractivity contribution in [2.24, 2.45) is 0 Å². The predicted octanol–water partition coefficient (Wildman–Crippen LogP) is 3.60. The van der Waals surface area contributed by atoms with Crippen LogP contribution in [0.3, 0.4) is 0 Å². The summed E-state index contributed by atoms with van der Waals surface area (Å²) >= 11 is 0. The molecule has 0 heteroatoms. The van der Waals surface area contributed by atoms with E-state index in [2.05, 4.69) is 13.0 Å². The van der Waals surface area contributed by atoms with Crippen LogP contribution in [0.4, 0.5) is 0 Å². The smallest absolute Gasteiger partial charge is 0.0274 e. The van der Waals surface area contributed by atoms with Gasteiger partial charge < -0.3 is 0 Å². The number of rotatable bonds is 0. The van der Waals surface area contributed by atoms with Crippen molar-refractivity contribution in [3.8, 4) is 0 Å². The van der Waals surface area contributed by atoms with E-state index in [1.807, 2.05) is 0 Å². The summed E-state index contributed by atoms with van der Waals surface area (Å²) in [4.78, 5) is 0. The highest BCUT2D eigenvalue weighted by Crippen LogP contribution is 2.36. The van der Waals surface area contributed by atoms with E-state index >= 15 is 0 Å². The van der Waals surface area contributed by atoms with Gasteiger partial charge in [-0.05, 0) is 51.0 Å². The topological polar surface area (TPSA) is 0 Å². The van der Waals surface area contributed by atoms with Crippen molar-refractivity contribution < 1.29 is 0 Å². The van der Waals surface area contributed by atoms with Crippen LogP contribution in [-0.4, -0.2) is 0 Å². The molecule has 60 valence electrons. The Morgan fingerprint density at radius 2 is 1.91 bits per heavy atom. The Morgan fingerprint density at radius 3 is 2.82 bits per heavy atom. The molecule has 11 heavy (non-hydrogen) atoms. The number of hydrogen-bond acceptors (Lipinski definition) is 0. The van der Waals surface area contributed by atoms with E-state index in [4.69, 9.17) is 0 Å². The first-order chi connectivity index (χ1) is 5.38. The first-order valence-electron chi connectivity index (χ1n) is 4.76. The van der Waals surface area contributed by atoms with Crippen LogP contribution in [0.2, 0.25) is 0 Å². The van der Waals surface area contributed by atoms with Crippen molar-refractivity contribution in [3.05, 3.63) is 22.8 Å². The number of hydrogen-bond donors (Lipinski definition) is 0. The summed E-state index contributed by atoms with van der Waals surface area (Å²) in [6, 6.07) is 0. The maximum atomic E-state index is 2.42. The van der Waals surface area contributed by atoms with Crippen LogP contribution >= 0.6 is 0 Å². The van der Waals surface area contributed by atoms with Crippen molar-refractivity contribution in [3.63, 3.8) is 0 Å². The van der Waals surface area contributed by atoms with Crippen molar-refractivity contribution in [1.82, 2.24) is 0 Å². The molecule has 0 unspecified atom stereocenters. The minimum atomic E-state index is 1.30. The first-order valence-corrected chi connectivity index (χ1v) is 4.76. The molecule has 0 nitrogen and oxygen atoms in total. The fourth-order valence-electron chi connectivity index (χ4n) is 2.32. The van der Waals surface area contributed by atoms with Gasteiger partial charge in [-0.1, -0.05) is 17.2 Å².